The lowest BCUT2D eigenvalue weighted by molar-refractivity contribution is 0.0914. The quantitative estimate of drug-likeness (QED) is 0.782. The Bertz CT molecular complexity index is 753. The summed E-state index contributed by atoms with van der Waals surface area (Å²) in [6.45, 7) is 3.24. The number of aromatic nitrogens is 1. The molecule has 0 fully saturated rings. The van der Waals surface area contributed by atoms with Gasteiger partial charge < -0.3 is 15.4 Å². The number of amides is 1. The minimum absolute atomic E-state index is 0.0742. The second-order valence-electron chi connectivity index (χ2n) is 5.52. The summed E-state index contributed by atoms with van der Waals surface area (Å²) in [6.07, 6.45) is 0.447. The van der Waals surface area contributed by atoms with Crippen LogP contribution in [0.1, 0.15) is 27.2 Å². The standard InChI is InChI=1S/C17H19ClN2O3/c1-10-7-11(2)19-16(22)15(10)17(23)20-14(9-21)8-12-3-5-13(18)6-4-12/h3-7,14,21H,8-9H2,1-2H3,(H,19,22)(H,20,23)/t14-/m0/s1. The number of carbonyl (C=O) groups excluding carboxylic acids is 1. The van der Waals surface area contributed by atoms with Gasteiger partial charge in [-0.25, -0.2) is 0 Å². The molecule has 1 aromatic carbocycles. The first-order chi connectivity index (χ1) is 10.9. The molecule has 1 aromatic heterocycles. The first-order valence-corrected chi connectivity index (χ1v) is 7.65. The second-order valence-corrected chi connectivity index (χ2v) is 5.96. The van der Waals surface area contributed by atoms with E-state index in [4.69, 9.17) is 11.6 Å². The summed E-state index contributed by atoms with van der Waals surface area (Å²) in [5.41, 5.74) is 1.88. The fourth-order valence-electron chi connectivity index (χ4n) is 2.46. The Balaban J connectivity index is 2.14. The molecule has 5 nitrogen and oxygen atoms in total. The van der Waals surface area contributed by atoms with Gasteiger partial charge in [0.25, 0.3) is 11.5 Å². The summed E-state index contributed by atoms with van der Waals surface area (Å²) < 4.78 is 0. The zero-order valence-corrected chi connectivity index (χ0v) is 13.8. The summed E-state index contributed by atoms with van der Waals surface area (Å²) >= 11 is 5.84. The smallest absolute Gasteiger partial charge is 0.261 e. The molecule has 0 radical (unpaired) electrons. The molecule has 0 unspecified atom stereocenters. The van der Waals surface area contributed by atoms with Crippen LogP contribution in [0.4, 0.5) is 0 Å². The predicted molar refractivity (Wildman–Crippen MR) is 90.0 cm³/mol. The van der Waals surface area contributed by atoms with Crippen LogP contribution in [0.15, 0.2) is 35.1 Å². The van der Waals surface area contributed by atoms with Crippen molar-refractivity contribution in [1.82, 2.24) is 10.3 Å². The molecule has 1 atom stereocenters. The molecular formula is C17H19ClN2O3. The molecule has 0 spiro atoms. The number of aryl methyl sites for hydroxylation is 2. The number of hydrogen-bond acceptors (Lipinski definition) is 3. The number of aromatic amines is 1. The Labute approximate surface area is 139 Å². The van der Waals surface area contributed by atoms with Crippen molar-refractivity contribution in [3.63, 3.8) is 0 Å². The van der Waals surface area contributed by atoms with Crippen LogP contribution in [0.3, 0.4) is 0 Å². The van der Waals surface area contributed by atoms with Crippen LogP contribution in [0.5, 0.6) is 0 Å². The molecular weight excluding hydrogens is 316 g/mol. The van der Waals surface area contributed by atoms with Gasteiger partial charge in [0.05, 0.1) is 12.6 Å². The van der Waals surface area contributed by atoms with Gasteiger partial charge in [0.2, 0.25) is 0 Å². The fourth-order valence-corrected chi connectivity index (χ4v) is 2.59. The lowest BCUT2D eigenvalue weighted by Crippen LogP contribution is -2.41. The Kier molecular flexibility index (Phi) is 5.58. The monoisotopic (exact) mass is 334 g/mol. The van der Waals surface area contributed by atoms with Crippen molar-refractivity contribution in [1.29, 1.82) is 0 Å². The summed E-state index contributed by atoms with van der Waals surface area (Å²) in [7, 11) is 0. The highest BCUT2D eigenvalue weighted by molar-refractivity contribution is 6.30. The number of rotatable bonds is 5. The Morgan fingerprint density at radius 2 is 1.96 bits per heavy atom. The number of halogens is 1. The molecule has 6 heteroatoms. The third-order valence-corrected chi connectivity index (χ3v) is 3.80. The molecule has 0 aliphatic carbocycles. The summed E-state index contributed by atoms with van der Waals surface area (Å²) in [4.78, 5) is 26.9. The van der Waals surface area contributed by atoms with E-state index in [9.17, 15) is 14.7 Å². The maximum atomic E-state index is 12.3. The molecule has 1 heterocycles. The third-order valence-electron chi connectivity index (χ3n) is 3.54. The highest BCUT2D eigenvalue weighted by Crippen LogP contribution is 2.11. The molecule has 2 aromatic rings. The van der Waals surface area contributed by atoms with E-state index < -0.39 is 17.5 Å². The molecule has 0 aliphatic rings. The lowest BCUT2D eigenvalue weighted by atomic mass is 10.1. The number of nitrogens with one attached hydrogen (secondary N) is 2. The number of hydrogen-bond donors (Lipinski definition) is 3. The van der Waals surface area contributed by atoms with E-state index in [1.807, 2.05) is 12.1 Å². The second kappa shape index (κ2) is 7.44. The van der Waals surface area contributed by atoms with Crippen molar-refractivity contribution >= 4 is 17.5 Å². The van der Waals surface area contributed by atoms with Crippen LogP contribution in [0.2, 0.25) is 5.02 Å². The number of aliphatic hydroxyl groups is 1. The van der Waals surface area contributed by atoms with E-state index in [1.165, 1.54) is 0 Å². The SMILES string of the molecule is Cc1cc(C)c(C(=O)N[C@H](CO)Cc2ccc(Cl)cc2)c(=O)[nH]1. The Morgan fingerprint density at radius 3 is 2.52 bits per heavy atom. The van der Waals surface area contributed by atoms with Crippen LogP contribution in [-0.4, -0.2) is 28.6 Å². The summed E-state index contributed by atoms with van der Waals surface area (Å²) in [5.74, 6) is -0.489. The van der Waals surface area contributed by atoms with Crippen LogP contribution in [0.25, 0.3) is 0 Å². The highest BCUT2D eigenvalue weighted by atomic mass is 35.5. The van der Waals surface area contributed by atoms with E-state index in [-0.39, 0.29) is 12.2 Å². The van der Waals surface area contributed by atoms with Gasteiger partial charge in [0, 0.05) is 10.7 Å². The van der Waals surface area contributed by atoms with Gasteiger partial charge in [-0.15, -0.1) is 0 Å². The third kappa shape index (κ3) is 4.43. The van der Waals surface area contributed by atoms with E-state index in [0.717, 1.165) is 5.56 Å². The highest BCUT2D eigenvalue weighted by Gasteiger charge is 2.18. The van der Waals surface area contributed by atoms with Crippen LogP contribution in [0, 0.1) is 13.8 Å². The summed E-state index contributed by atoms with van der Waals surface area (Å²) in [6, 6.07) is 8.43. The molecule has 1 amide bonds. The predicted octanol–water partition coefficient (Wildman–Crippen LogP) is 1.98. The molecule has 23 heavy (non-hydrogen) atoms. The van der Waals surface area contributed by atoms with Gasteiger partial charge in [-0.1, -0.05) is 23.7 Å². The van der Waals surface area contributed by atoms with Gasteiger partial charge in [-0.3, -0.25) is 9.59 Å². The fraction of sp³-hybridized carbons (Fsp3) is 0.294. The number of aliphatic hydroxyl groups excluding tert-OH is 1. The molecule has 0 aliphatic heterocycles. The van der Waals surface area contributed by atoms with Crippen molar-refractivity contribution < 1.29 is 9.90 Å². The van der Waals surface area contributed by atoms with Gasteiger partial charge in [0.1, 0.15) is 5.56 Å². The zero-order valence-electron chi connectivity index (χ0n) is 13.0. The molecule has 0 saturated heterocycles. The maximum Gasteiger partial charge on any atom is 0.261 e. The first-order valence-electron chi connectivity index (χ1n) is 7.27. The largest absolute Gasteiger partial charge is 0.394 e. The summed E-state index contributed by atoms with van der Waals surface area (Å²) in [5, 5.41) is 12.8. The zero-order chi connectivity index (χ0) is 17.0. The van der Waals surface area contributed by atoms with Crippen LogP contribution < -0.4 is 10.9 Å². The molecule has 2 rings (SSSR count). The van der Waals surface area contributed by atoms with Crippen LogP contribution >= 0.6 is 11.6 Å². The van der Waals surface area contributed by atoms with Crippen molar-refractivity contribution in [2.45, 2.75) is 26.3 Å². The Morgan fingerprint density at radius 1 is 1.30 bits per heavy atom. The normalized spacial score (nSPS) is 12.0. The van der Waals surface area contributed by atoms with E-state index >= 15 is 0 Å². The van der Waals surface area contributed by atoms with Crippen LogP contribution in [-0.2, 0) is 6.42 Å². The molecule has 0 bridgehead atoms. The van der Waals surface area contributed by atoms with E-state index in [2.05, 4.69) is 10.3 Å². The molecule has 122 valence electrons. The van der Waals surface area contributed by atoms with Crippen molar-refractivity contribution in [3.05, 3.63) is 68.1 Å². The number of pyridine rings is 1. The number of carbonyl (C=O) groups is 1. The topological polar surface area (TPSA) is 82.2 Å². The maximum absolute atomic E-state index is 12.3. The van der Waals surface area contributed by atoms with Crippen molar-refractivity contribution in [2.75, 3.05) is 6.61 Å². The lowest BCUT2D eigenvalue weighted by Gasteiger charge is -2.17. The van der Waals surface area contributed by atoms with Gasteiger partial charge in [0.15, 0.2) is 0 Å². The minimum atomic E-state index is -0.489. The average molecular weight is 335 g/mol. The van der Waals surface area contributed by atoms with E-state index in [0.29, 0.717) is 22.7 Å². The first kappa shape index (κ1) is 17.2. The van der Waals surface area contributed by atoms with Crippen molar-refractivity contribution in [3.8, 4) is 0 Å². The molecule has 0 saturated carbocycles. The number of H-pyrrole nitrogens is 1. The van der Waals surface area contributed by atoms with Gasteiger partial charge in [-0.2, -0.15) is 0 Å². The van der Waals surface area contributed by atoms with Gasteiger partial charge >= 0.3 is 0 Å². The van der Waals surface area contributed by atoms with Crippen molar-refractivity contribution in [2.24, 2.45) is 0 Å². The average Bonchev–Trinajstić information content (AvgIpc) is 2.47. The van der Waals surface area contributed by atoms with E-state index in [1.54, 1.807) is 32.0 Å². The van der Waals surface area contributed by atoms with Gasteiger partial charge in [-0.05, 0) is 49.6 Å². The Hall–Kier alpha value is -2.11. The molecule has 3 N–H and O–H groups in total. The number of benzene rings is 1. The minimum Gasteiger partial charge on any atom is -0.394 e.